The van der Waals surface area contributed by atoms with E-state index < -0.39 is 6.04 Å². The van der Waals surface area contributed by atoms with E-state index >= 15 is 0 Å². The average molecular weight is 345 g/mol. The van der Waals surface area contributed by atoms with Crippen molar-refractivity contribution in [1.29, 1.82) is 5.26 Å². The van der Waals surface area contributed by atoms with Crippen molar-refractivity contribution >= 4 is 29.2 Å². The lowest BCUT2D eigenvalue weighted by atomic mass is 10.0. The summed E-state index contributed by atoms with van der Waals surface area (Å²) in [6.07, 6.45) is 2.82. The molecule has 2 N–H and O–H groups in total. The third-order valence-corrected chi connectivity index (χ3v) is 4.17. The van der Waals surface area contributed by atoms with Crippen LogP contribution in [0, 0.1) is 17.2 Å². The Morgan fingerprint density at radius 1 is 1.46 bits per heavy atom. The van der Waals surface area contributed by atoms with Crippen molar-refractivity contribution in [2.75, 3.05) is 11.9 Å². The van der Waals surface area contributed by atoms with Crippen LogP contribution in [0.15, 0.2) is 27.5 Å². The van der Waals surface area contributed by atoms with Gasteiger partial charge in [0.15, 0.2) is 6.29 Å². The van der Waals surface area contributed by atoms with E-state index in [-0.39, 0.29) is 12.5 Å². The summed E-state index contributed by atoms with van der Waals surface area (Å²) in [7, 11) is 0. The molecule has 0 radical (unpaired) electrons. The second-order valence-corrected chi connectivity index (χ2v) is 6.47. The summed E-state index contributed by atoms with van der Waals surface area (Å²) in [4.78, 5) is 23.4. The summed E-state index contributed by atoms with van der Waals surface area (Å²) >= 11 is 1.45. The third-order valence-electron chi connectivity index (χ3n) is 3.42. The zero-order valence-corrected chi connectivity index (χ0v) is 14.4. The number of nitrogens with one attached hydrogen (secondary N) is 2. The van der Waals surface area contributed by atoms with Crippen molar-refractivity contribution in [1.82, 2.24) is 5.32 Å². The van der Waals surface area contributed by atoms with Gasteiger partial charge in [0.2, 0.25) is 5.91 Å². The van der Waals surface area contributed by atoms with E-state index in [1.165, 1.54) is 17.6 Å². The van der Waals surface area contributed by atoms with Gasteiger partial charge in [-0.25, -0.2) is 0 Å². The number of hydrogen-bond acceptors (Lipinski definition) is 6. The fourth-order valence-electron chi connectivity index (χ4n) is 2.36. The van der Waals surface area contributed by atoms with Gasteiger partial charge in [-0.05, 0) is 18.4 Å². The predicted molar refractivity (Wildman–Crippen MR) is 92.9 cm³/mol. The van der Waals surface area contributed by atoms with Gasteiger partial charge in [-0.15, -0.1) is 11.3 Å². The van der Waals surface area contributed by atoms with Crippen molar-refractivity contribution in [2.24, 2.45) is 5.92 Å². The Bertz CT molecular complexity index is 742. The minimum Gasteiger partial charge on any atom is -0.463 e. The minimum atomic E-state index is -0.471. The van der Waals surface area contributed by atoms with Gasteiger partial charge in [0, 0.05) is 10.8 Å². The highest BCUT2D eigenvalue weighted by atomic mass is 32.1. The average Bonchev–Trinajstić information content (AvgIpc) is 3.19. The molecule has 126 valence electrons. The number of thiophene rings is 1. The number of nitriles is 1. The van der Waals surface area contributed by atoms with E-state index in [1.807, 2.05) is 30.7 Å². The van der Waals surface area contributed by atoms with Crippen LogP contribution in [0.4, 0.5) is 5.69 Å². The number of nitrogens with zero attached hydrogens (tertiary/aromatic N) is 1. The van der Waals surface area contributed by atoms with Gasteiger partial charge in [0.25, 0.3) is 0 Å². The molecule has 2 aromatic heterocycles. The summed E-state index contributed by atoms with van der Waals surface area (Å²) in [5, 5.41) is 18.2. The Hall–Kier alpha value is -2.59. The molecule has 7 heteroatoms. The number of anilines is 1. The van der Waals surface area contributed by atoms with Crippen LogP contribution in [-0.2, 0) is 4.79 Å². The van der Waals surface area contributed by atoms with E-state index in [1.54, 1.807) is 6.07 Å². The van der Waals surface area contributed by atoms with Gasteiger partial charge in [-0.3, -0.25) is 9.59 Å². The number of rotatable bonds is 8. The van der Waals surface area contributed by atoms with Crippen molar-refractivity contribution in [3.8, 4) is 17.4 Å². The molecule has 24 heavy (non-hydrogen) atoms. The van der Waals surface area contributed by atoms with Crippen LogP contribution in [0.1, 0.15) is 30.6 Å². The van der Waals surface area contributed by atoms with Crippen molar-refractivity contribution < 1.29 is 14.0 Å². The molecule has 0 aliphatic carbocycles. The van der Waals surface area contributed by atoms with Crippen LogP contribution >= 0.6 is 11.3 Å². The molecule has 2 rings (SSSR count). The minimum absolute atomic E-state index is 0.0287. The number of amides is 1. The number of furan rings is 1. The second kappa shape index (κ2) is 8.31. The Labute approximate surface area is 144 Å². The highest BCUT2D eigenvalue weighted by Gasteiger charge is 2.22. The number of carbonyl (C=O) groups is 2. The molecule has 6 nitrogen and oxygen atoms in total. The number of carbonyl (C=O) groups excluding carboxylic acids is 2. The van der Waals surface area contributed by atoms with E-state index in [0.717, 1.165) is 17.5 Å². The van der Waals surface area contributed by atoms with Crippen LogP contribution < -0.4 is 10.6 Å². The lowest BCUT2D eigenvalue weighted by Gasteiger charge is -2.20. The van der Waals surface area contributed by atoms with Gasteiger partial charge in [-0.2, -0.15) is 5.26 Å². The Kier molecular flexibility index (Phi) is 6.15. The van der Waals surface area contributed by atoms with Gasteiger partial charge in [0.1, 0.15) is 18.3 Å². The topological polar surface area (TPSA) is 95.1 Å². The summed E-state index contributed by atoms with van der Waals surface area (Å²) < 4.78 is 5.42. The summed E-state index contributed by atoms with van der Waals surface area (Å²) in [5.74, 6) is 0.554. The zero-order chi connectivity index (χ0) is 17.5. The van der Waals surface area contributed by atoms with Crippen molar-refractivity contribution in [3.63, 3.8) is 0 Å². The lowest BCUT2D eigenvalue weighted by Crippen LogP contribution is -2.40. The van der Waals surface area contributed by atoms with Gasteiger partial charge in [0.05, 0.1) is 29.1 Å². The molecule has 0 aliphatic rings. The first-order chi connectivity index (χ1) is 11.6. The first kappa shape index (κ1) is 17.8. The van der Waals surface area contributed by atoms with Crippen LogP contribution in [0.2, 0.25) is 0 Å². The van der Waals surface area contributed by atoms with Crippen LogP contribution in [0.3, 0.4) is 0 Å². The lowest BCUT2D eigenvalue weighted by molar-refractivity contribution is -0.121. The normalized spacial score (nSPS) is 11.8. The largest absolute Gasteiger partial charge is 0.463 e. The van der Waals surface area contributed by atoms with E-state index in [4.69, 9.17) is 9.68 Å². The predicted octanol–water partition coefficient (Wildman–Crippen LogP) is 3.29. The maximum absolute atomic E-state index is 12.3. The summed E-state index contributed by atoms with van der Waals surface area (Å²) in [5.41, 5.74) is 1.94. The second-order valence-electron chi connectivity index (χ2n) is 5.72. The SMILES string of the molecule is CC(C)C[C@H](Nc1cscc1-c1occc1C=O)C(=O)NCC#N. The molecule has 0 saturated heterocycles. The molecular formula is C17H19N3O3S. The molecule has 0 spiro atoms. The molecule has 0 bridgehead atoms. The molecule has 2 heterocycles. The van der Waals surface area contributed by atoms with E-state index in [9.17, 15) is 9.59 Å². The molecular weight excluding hydrogens is 326 g/mol. The highest BCUT2D eigenvalue weighted by Crippen LogP contribution is 2.34. The molecule has 0 aliphatic heterocycles. The van der Waals surface area contributed by atoms with Crippen LogP contribution in [-0.4, -0.2) is 24.8 Å². The Morgan fingerprint density at radius 3 is 2.92 bits per heavy atom. The van der Waals surface area contributed by atoms with Gasteiger partial charge in [-0.1, -0.05) is 13.8 Å². The summed E-state index contributed by atoms with van der Waals surface area (Å²) in [6.45, 7) is 4.02. The monoisotopic (exact) mass is 345 g/mol. The van der Waals surface area contributed by atoms with Crippen molar-refractivity contribution in [3.05, 3.63) is 28.7 Å². The number of aldehydes is 1. The first-order valence-corrected chi connectivity index (χ1v) is 8.51. The summed E-state index contributed by atoms with van der Waals surface area (Å²) in [6, 6.07) is 3.04. The highest BCUT2D eigenvalue weighted by molar-refractivity contribution is 7.08. The zero-order valence-electron chi connectivity index (χ0n) is 13.5. The third kappa shape index (κ3) is 4.24. The smallest absolute Gasteiger partial charge is 0.243 e. The molecule has 0 fully saturated rings. The van der Waals surface area contributed by atoms with Gasteiger partial charge >= 0.3 is 0 Å². The van der Waals surface area contributed by atoms with Crippen LogP contribution in [0.25, 0.3) is 11.3 Å². The fraction of sp³-hybridized carbons (Fsp3) is 0.353. The van der Waals surface area contributed by atoms with Gasteiger partial charge < -0.3 is 15.1 Å². The molecule has 0 saturated carbocycles. The molecule has 0 aromatic carbocycles. The fourth-order valence-corrected chi connectivity index (χ4v) is 3.13. The molecule has 1 atom stereocenters. The molecule has 0 unspecified atom stereocenters. The van der Waals surface area contributed by atoms with E-state index in [0.29, 0.717) is 23.7 Å². The maximum atomic E-state index is 12.3. The first-order valence-electron chi connectivity index (χ1n) is 7.57. The standard InChI is InChI=1S/C17H19N3O3S/c1-11(2)7-14(17(22)19-5-4-18)20-15-10-24-9-13(15)16-12(8-21)3-6-23-16/h3,6,8-11,14,20H,5,7H2,1-2H3,(H,19,22)/t14-/m0/s1. The quantitative estimate of drug-likeness (QED) is 0.565. The maximum Gasteiger partial charge on any atom is 0.243 e. The molecule has 1 amide bonds. The van der Waals surface area contributed by atoms with E-state index in [2.05, 4.69) is 10.6 Å². The molecule has 2 aromatic rings. The number of hydrogen-bond donors (Lipinski definition) is 2. The Morgan fingerprint density at radius 2 is 2.25 bits per heavy atom. The van der Waals surface area contributed by atoms with Crippen molar-refractivity contribution in [2.45, 2.75) is 26.3 Å². The van der Waals surface area contributed by atoms with Crippen LogP contribution in [0.5, 0.6) is 0 Å². The Balaban J connectivity index is 2.24.